The van der Waals surface area contributed by atoms with E-state index in [0.29, 0.717) is 35.5 Å². The number of aromatic nitrogens is 7. The van der Waals surface area contributed by atoms with Crippen LogP contribution >= 0.6 is 0 Å². The summed E-state index contributed by atoms with van der Waals surface area (Å²) in [6.07, 6.45) is 8.87. The van der Waals surface area contributed by atoms with Gasteiger partial charge in [0.2, 0.25) is 5.91 Å². The number of imidazole rings is 1. The first-order valence-electron chi connectivity index (χ1n) is 21.9. The molecule has 8 heterocycles. The van der Waals surface area contributed by atoms with Crippen molar-refractivity contribution in [1.29, 1.82) is 0 Å². The second-order valence-electron chi connectivity index (χ2n) is 17.2. The number of amides is 3. The zero-order chi connectivity index (χ0) is 44.6. The van der Waals surface area contributed by atoms with Crippen molar-refractivity contribution in [3.8, 4) is 11.8 Å². The molecule has 18 nitrogen and oxygen atoms in total. The van der Waals surface area contributed by atoms with Gasteiger partial charge < -0.3 is 29.7 Å². The van der Waals surface area contributed by atoms with Crippen LogP contribution in [0, 0.1) is 11.8 Å². The monoisotopic (exact) mass is 883 g/mol. The van der Waals surface area contributed by atoms with Gasteiger partial charge in [-0.3, -0.25) is 33.5 Å². The lowest BCUT2D eigenvalue weighted by atomic mass is 9.96. The molecule has 2 bridgehead atoms. The number of anilines is 2. The number of carbonyl (C=O) groups excluding carboxylic acids is 3. The molecule has 20 heteroatoms. The average Bonchev–Trinajstić information content (AvgIpc) is 4.15. The van der Waals surface area contributed by atoms with Gasteiger partial charge >= 0.3 is 5.69 Å². The number of piperidine rings is 2. The van der Waals surface area contributed by atoms with Crippen LogP contribution in [0.2, 0.25) is 0 Å². The van der Waals surface area contributed by atoms with Gasteiger partial charge in [0.25, 0.3) is 18.2 Å². The molecule has 3 amide bonds. The van der Waals surface area contributed by atoms with Crippen LogP contribution in [0.25, 0.3) is 16.7 Å². The Balaban J connectivity index is 0.000000162. The molecular formula is C44H51F2N11O7. The third-order valence-corrected chi connectivity index (χ3v) is 13.0. The summed E-state index contributed by atoms with van der Waals surface area (Å²) in [5, 5.41) is 23.0. The number of likely N-dealkylation sites (tertiary alicyclic amines) is 1. The number of aliphatic hydroxyl groups is 1. The van der Waals surface area contributed by atoms with Crippen LogP contribution in [0.1, 0.15) is 97.9 Å². The van der Waals surface area contributed by atoms with Gasteiger partial charge in [0.15, 0.2) is 11.3 Å². The fraction of sp³-hybridized carbons (Fsp3) is 0.523. The van der Waals surface area contributed by atoms with E-state index in [-0.39, 0.29) is 42.0 Å². The highest BCUT2D eigenvalue weighted by Crippen LogP contribution is 2.34. The van der Waals surface area contributed by atoms with Gasteiger partial charge in [-0.1, -0.05) is 37.2 Å². The van der Waals surface area contributed by atoms with Gasteiger partial charge in [-0.15, -0.1) is 0 Å². The first kappa shape index (κ1) is 43.3. The summed E-state index contributed by atoms with van der Waals surface area (Å²) in [5.41, 5.74) is 1.59. The van der Waals surface area contributed by atoms with Crippen LogP contribution in [0.4, 0.5) is 20.3 Å². The molecule has 0 radical (unpaired) electrons. The summed E-state index contributed by atoms with van der Waals surface area (Å²) in [6, 6.07) is 6.57. The molecule has 4 aromatic heterocycles. The van der Waals surface area contributed by atoms with Crippen molar-refractivity contribution in [2.45, 2.75) is 101 Å². The zero-order valence-corrected chi connectivity index (χ0v) is 35.7. The Hall–Kier alpha value is -6.01. The molecule has 1 aromatic carbocycles. The molecule has 5 fully saturated rings. The number of rotatable bonds is 8. The van der Waals surface area contributed by atoms with Gasteiger partial charge in [0.05, 0.1) is 59.4 Å². The number of para-hydroxylation sites is 1. The largest absolute Gasteiger partial charge is 0.383 e. The molecule has 1 saturated carbocycles. The lowest BCUT2D eigenvalue weighted by Gasteiger charge is -2.28. The highest BCUT2D eigenvalue weighted by atomic mass is 19.3. The predicted molar refractivity (Wildman–Crippen MR) is 229 cm³/mol. The molecule has 64 heavy (non-hydrogen) atoms. The summed E-state index contributed by atoms with van der Waals surface area (Å²) in [4.78, 5) is 59.1. The first-order valence-corrected chi connectivity index (χ1v) is 21.9. The summed E-state index contributed by atoms with van der Waals surface area (Å²) in [5.74, 6) is 4.99. The molecule has 338 valence electrons. The minimum atomic E-state index is -2.79. The topological polar surface area (TPSA) is 195 Å². The quantitative estimate of drug-likeness (QED) is 0.152. The number of fused-ring (bicyclic) bond motifs is 4. The van der Waals surface area contributed by atoms with Crippen molar-refractivity contribution in [2.75, 3.05) is 50.1 Å². The Kier molecular flexibility index (Phi) is 12.3. The number of nitrogens with zero attached hydrogens (tertiary/aromatic N) is 9. The van der Waals surface area contributed by atoms with E-state index < -0.39 is 47.7 Å². The number of imide groups is 1. The molecule has 4 saturated heterocycles. The van der Waals surface area contributed by atoms with Crippen LogP contribution in [0.5, 0.6) is 0 Å². The Bertz CT molecular complexity index is 2690. The van der Waals surface area contributed by atoms with E-state index in [1.165, 1.54) is 26.0 Å². The molecule has 3 N–H and O–H groups in total. The van der Waals surface area contributed by atoms with E-state index in [4.69, 9.17) is 9.47 Å². The predicted octanol–water partition coefficient (Wildman–Crippen LogP) is 3.35. The number of hydrogen-bond donors (Lipinski definition) is 3. The lowest BCUT2D eigenvalue weighted by Crippen LogP contribution is -2.51. The smallest absolute Gasteiger partial charge is 0.329 e. The van der Waals surface area contributed by atoms with Gasteiger partial charge in [0.1, 0.15) is 30.1 Å². The highest BCUT2D eigenvalue weighted by molar-refractivity contribution is 6.08. The standard InChI is InChI=1S/C22H25F2N7O2.C22H26N4O5/c23-20(24)19-17(11-31(28-19)13-4-2-1-3-5-13)26-22(32)16-9-25-30-7-6-18(27-21(16)30)29-10-15-8-14(29)12-33-15;1-24-10-8-15(9-11-24)31-12-4-6-14-5-3-7-16-19(14)25(2)22(30)26(16)17-13-18(27)21(29)23-20(17)28/h6-7,9,11,13-15,20H,1-5,8,10,12H2,(H,26,32);3,5,7,15,17-18,27H,8-13H2,1-2H3,(H,23,28,29). The maximum Gasteiger partial charge on any atom is 0.329 e. The molecule has 10 rings (SSSR count). The summed E-state index contributed by atoms with van der Waals surface area (Å²) in [7, 11) is 3.71. The SMILES string of the molecule is CN1CCC(OCC#Cc2cccc3c2n(C)c(=O)n3C2CC(O)C(=O)NC2=O)CC1.O=C(Nc1cn(C2CCCCC2)nc1C(F)F)c1cnn2ccc(N3CC4CC3CO4)nc12. The van der Waals surface area contributed by atoms with Gasteiger partial charge in [-0.2, -0.15) is 10.2 Å². The number of halogens is 2. The van der Waals surface area contributed by atoms with E-state index in [9.17, 15) is 33.1 Å². The number of aliphatic hydroxyl groups excluding tert-OH is 1. The minimum absolute atomic E-state index is 0.0325. The second kappa shape index (κ2) is 18.2. The number of benzene rings is 1. The van der Waals surface area contributed by atoms with Crippen molar-refractivity contribution in [2.24, 2.45) is 7.05 Å². The number of ether oxygens (including phenoxy) is 2. The van der Waals surface area contributed by atoms with Crippen molar-refractivity contribution in [1.82, 2.24) is 43.7 Å². The first-order chi connectivity index (χ1) is 30.9. The van der Waals surface area contributed by atoms with Crippen molar-refractivity contribution in [3.05, 3.63) is 70.2 Å². The Morgan fingerprint density at radius 2 is 1.84 bits per heavy atom. The lowest BCUT2D eigenvalue weighted by molar-refractivity contribution is -0.143. The third kappa shape index (κ3) is 8.64. The number of alkyl halides is 2. The van der Waals surface area contributed by atoms with E-state index >= 15 is 0 Å². The average molecular weight is 884 g/mol. The van der Waals surface area contributed by atoms with Crippen LogP contribution in [-0.4, -0.2) is 125 Å². The molecule has 0 spiro atoms. The van der Waals surface area contributed by atoms with Crippen molar-refractivity contribution < 1.29 is 37.7 Å². The molecule has 4 atom stereocenters. The van der Waals surface area contributed by atoms with E-state index in [1.807, 2.05) is 12.1 Å². The molecule has 4 aliphatic heterocycles. The Labute approximate surface area is 366 Å². The number of carbonyl (C=O) groups is 3. The minimum Gasteiger partial charge on any atom is -0.383 e. The molecule has 1 aliphatic carbocycles. The highest BCUT2D eigenvalue weighted by Gasteiger charge is 2.40. The molecular weight excluding hydrogens is 833 g/mol. The van der Waals surface area contributed by atoms with Gasteiger partial charge in [-0.05, 0) is 57.4 Å². The van der Waals surface area contributed by atoms with Crippen LogP contribution in [0.3, 0.4) is 0 Å². The van der Waals surface area contributed by atoms with Gasteiger partial charge in [-0.25, -0.2) is 23.1 Å². The molecule has 5 aromatic rings. The Morgan fingerprint density at radius 1 is 1.05 bits per heavy atom. The maximum atomic E-state index is 13.7. The molecule has 5 aliphatic rings. The van der Waals surface area contributed by atoms with Crippen LogP contribution < -0.4 is 21.2 Å². The van der Waals surface area contributed by atoms with Crippen LogP contribution in [0.15, 0.2) is 47.7 Å². The maximum absolute atomic E-state index is 13.7. The summed E-state index contributed by atoms with van der Waals surface area (Å²) in [6.45, 7) is 3.77. The number of aryl methyl sites for hydroxylation is 1. The zero-order valence-electron chi connectivity index (χ0n) is 35.7. The van der Waals surface area contributed by atoms with E-state index in [0.717, 1.165) is 76.8 Å². The Morgan fingerprint density at radius 3 is 2.58 bits per heavy atom. The van der Waals surface area contributed by atoms with Crippen LogP contribution in [-0.2, 0) is 26.1 Å². The number of morpholine rings is 1. The number of hydrogen-bond acceptors (Lipinski definition) is 12. The van der Waals surface area contributed by atoms with E-state index in [1.54, 1.807) is 30.1 Å². The summed E-state index contributed by atoms with van der Waals surface area (Å²) < 4.78 is 44.8. The van der Waals surface area contributed by atoms with E-state index in [2.05, 4.69) is 54.5 Å². The normalized spacial score (nSPS) is 23.1. The van der Waals surface area contributed by atoms with Crippen molar-refractivity contribution in [3.63, 3.8) is 0 Å². The third-order valence-electron chi connectivity index (χ3n) is 13.0. The second-order valence-corrected chi connectivity index (χ2v) is 17.2. The molecule has 4 unspecified atom stereocenters. The fourth-order valence-electron chi connectivity index (χ4n) is 9.46. The summed E-state index contributed by atoms with van der Waals surface area (Å²) >= 11 is 0. The number of nitrogens with one attached hydrogen (secondary N) is 2. The fourth-order valence-corrected chi connectivity index (χ4v) is 9.46. The van der Waals surface area contributed by atoms with Gasteiger partial charge in [0, 0.05) is 45.5 Å². The van der Waals surface area contributed by atoms with Crippen molar-refractivity contribution >= 4 is 45.9 Å².